The van der Waals surface area contributed by atoms with Gasteiger partial charge in [-0.2, -0.15) is 0 Å². The van der Waals surface area contributed by atoms with Crippen molar-refractivity contribution in [3.8, 4) is 0 Å². The second kappa shape index (κ2) is 8.37. The average Bonchev–Trinajstić information content (AvgIpc) is 2.61. The lowest BCUT2D eigenvalue weighted by molar-refractivity contribution is -0.147. The molecule has 6 heteroatoms. The first kappa shape index (κ1) is 20.7. The third kappa shape index (κ3) is 4.21. The maximum Gasteiger partial charge on any atom is 0.302 e. The molecule has 6 nitrogen and oxygen atoms in total. The zero-order valence-electron chi connectivity index (χ0n) is 16.3. The molecule has 0 fully saturated rings. The highest BCUT2D eigenvalue weighted by atomic mass is 16.5. The predicted octanol–water partition coefficient (Wildman–Crippen LogP) is 2.86. The summed E-state index contributed by atoms with van der Waals surface area (Å²) in [5.74, 6) is -0.996. The van der Waals surface area contributed by atoms with Crippen molar-refractivity contribution in [3.63, 3.8) is 0 Å². The van der Waals surface area contributed by atoms with Gasteiger partial charge < -0.3 is 14.7 Å². The van der Waals surface area contributed by atoms with Crippen LogP contribution in [-0.2, 0) is 24.5 Å². The van der Waals surface area contributed by atoms with E-state index in [1.165, 1.54) is 11.8 Å². The number of allylic oxidation sites excluding steroid dienone is 1. The second-order valence-electron chi connectivity index (χ2n) is 7.34. The molecule has 1 atom stereocenters. The maximum atomic E-state index is 13.4. The molecule has 1 aliphatic rings. The summed E-state index contributed by atoms with van der Waals surface area (Å²) in [5.41, 5.74) is -0.347. The Morgan fingerprint density at radius 3 is 2.56 bits per heavy atom. The lowest BCUT2D eigenvalue weighted by Gasteiger charge is -2.38. The van der Waals surface area contributed by atoms with Crippen LogP contribution in [0.5, 0.6) is 0 Å². The fourth-order valence-corrected chi connectivity index (χ4v) is 3.38. The van der Waals surface area contributed by atoms with Gasteiger partial charge in [0.15, 0.2) is 5.78 Å². The number of ketones is 1. The molecule has 0 bridgehead atoms. The minimum atomic E-state index is -1.38. The first-order chi connectivity index (χ1) is 12.7. The lowest BCUT2D eigenvalue weighted by atomic mass is 9.67. The van der Waals surface area contributed by atoms with Crippen LogP contribution in [0.2, 0.25) is 0 Å². The highest BCUT2D eigenvalue weighted by Gasteiger charge is 2.50. The molecule has 0 saturated carbocycles. The molecule has 27 heavy (non-hydrogen) atoms. The maximum absolute atomic E-state index is 13.4. The molecule has 1 aromatic rings. The summed E-state index contributed by atoms with van der Waals surface area (Å²) >= 11 is 0. The zero-order chi connectivity index (χ0) is 20.2. The molecule has 1 aromatic carbocycles. The largest absolute Gasteiger partial charge is 0.507 e. The Labute approximate surface area is 159 Å². The Bertz CT molecular complexity index is 768. The van der Waals surface area contributed by atoms with E-state index in [4.69, 9.17) is 4.74 Å². The molecular weight excluding hydrogens is 346 g/mol. The number of hydrogen-bond donors (Lipinski definition) is 1. The Morgan fingerprint density at radius 1 is 1.26 bits per heavy atom. The molecule has 0 radical (unpaired) electrons. The molecule has 0 heterocycles. The van der Waals surface area contributed by atoms with E-state index in [1.54, 1.807) is 31.3 Å². The quantitative estimate of drug-likeness (QED) is 0.587. The van der Waals surface area contributed by atoms with Crippen molar-refractivity contribution in [1.82, 2.24) is 4.90 Å². The number of amides is 1. The van der Waals surface area contributed by atoms with Gasteiger partial charge in [-0.1, -0.05) is 38.1 Å². The smallest absolute Gasteiger partial charge is 0.302 e. The molecule has 1 aliphatic carbocycles. The molecule has 1 amide bonds. The molecule has 2 rings (SSSR count). The molecule has 0 saturated heterocycles. The van der Waals surface area contributed by atoms with E-state index in [0.29, 0.717) is 29.9 Å². The van der Waals surface area contributed by atoms with E-state index in [-0.39, 0.29) is 24.8 Å². The van der Waals surface area contributed by atoms with Crippen LogP contribution in [0.4, 0.5) is 0 Å². The Balaban J connectivity index is 2.45. The lowest BCUT2D eigenvalue weighted by Crippen LogP contribution is -2.52. The van der Waals surface area contributed by atoms with E-state index in [0.717, 1.165) is 6.08 Å². The van der Waals surface area contributed by atoms with Gasteiger partial charge in [-0.15, -0.1) is 0 Å². The number of nitrogens with zero attached hydrogens (tertiary/aromatic N) is 1. The van der Waals surface area contributed by atoms with Gasteiger partial charge in [0.2, 0.25) is 5.91 Å². The Kier molecular flexibility index (Phi) is 6.41. The van der Waals surface area contributed by atoms with Crippen LogP contribution in [0.15, 0.2) is 30.3 Å². The predicted molar refractivity (Wildman–Crippen MR) is 102 cm³/mol. The van der Waals surface area contributed by atoms with Crippen molar-refractivity contribution in [2.75, 3.05) is 20.2 Å². The first-order valence-corrected chi connectivity index (χ1v) is 9.14. The monoisotopic (exact) mass is 373 g/mol. The third-order valence-corrected chi connectivity index (χ3v) is 4.89. The SMILES string of the molecule is CC(=O)OCCN(C)C(=O)C1(CCC(C)C)C(=O)C=C(O)c2ccccc21. The van der Waals surface area contributed by atoms with Crippen molar-refractivity contribution in [2.24, 2.45) is 5.92 Å². The molecule has 146 valence electrons. The second-order valence-corrected chi connectivity index (χ2v) is 7.34. The van der Waals surface area contributed by atoms with Gasteiger partial charge in [0.1, 0.15) is 17.8 Å². The number of ether oxygens (including phenoxy) is 1. The number of fused-ring (bicyclic) bond motifs is 1. The van der Waals surface area contributed by atoms with Crippen molar-refractivity contribution in [1.29, 1.82) is 0 Å². The Hall–Kier alpha value is -2.63. The van der Waals surface area contributed by atoms with Crippen molar-refractivity contribution < 1.29 is 24.2 Å². The summed E-state index contributed by atoms with van der Waals surface area (Å²) in [4.78, 5) is 38.9. The number of rotatable bonds is 7. The summed E-state index contributed by atoms with van der Waals surface area (Å²) < 4.78 is 4.92. The number of likely N-dealkylation sites (N-methyl/N-ethyl adjacent to an activating group) is 1. The van der Waals surface area contributed by atoms with Gasteiger partial charge in [-0.05, 0) is 24.3 Å². The minimum Gasteiger partial charge on any atom is -0.507 e. The van der Waals surface area contributed by atoms with E-state index in [1.807, 2.05) is 13.8 Å². The average molecular weight is 373 g/mol. The van der Waals surface area contributed by atoms with E-state index in [2.05, 4.69) is 0 Å². The van der Waals surface area contributed by atoms with Gasteiger partial charge in [0, 0.05) is 25.6 Å². The number of carbonyl (C=O) groups excluding carboxylic acids is 3. The molecule has 0 spiro atoms. The molecular formula is C21H27NO5. The molecule has 0 aromatic heterocycles. The topological polar surface area (TPSA) is 83.9 Å². The molecule has 0 aliphatic heterocycles. The van der Waals surface area contributed by atoms with Crippen LogP contribution in [0, 0.1) is 5.92 Å². The summed E-state index contributed by atoms with van der Waals surface area (Å²) in [6, 6.07) is 6.97. The van der Waals surface area contributed by atoms with E-state index < -0.39 is 17.2 Å². The Morgan fingerprint density at radius 2 is 1.93 bits per heavy atom. The van der Waals surface area contributed by atoms with Crippen molar-refractivity contribution >= 4 is 23.4 Å². The van der Waals surface area contributed by atoms with Crippen LogP contribution >= 0.6 is 0 Å². The molecule has 1 N–H and O–H groups in total. The summed E-state index contributed by atoms with van der Waals surface area (Å²) in [5, 5.41) is 10.2. The highest BCUT2D eigenvalue weighted by Crippen LogP contribution is 2.41. The van der Waals surface area contributed by atoms with Crippen molar-refractivity contribution in [2.45, 2.75) is 39.0 Å². The van der Waals surface area contributed by atoms with Gasteiger partial charge in [0.25, 0.3) is 0 Å². The zero-order valence-corrected chi connectivity index (χ0v) is 16.3. The first-order valence-electron chi connectivity index (χ1n) is 9.14. The number of aliphatic hydroxyl groups excluding tert-OH is 1. The van der Waals surface area contributed by atoms with E-state index in [9.17, 15) is 19.5 Å². The summed E-state index contributed by atoms with van der Waals surface area (Å²) in [6.45, 7) is 5.63. The standard InChI is InChI=1S/C21H27NO5/c1-14(2)9-10-21(20(26)22(4)11-12-27-15(3)23)17-8-6-5-7-16(17)18(24)13-19(21)25/h5-8,13-14,24H,9-12H2,1-4H3. The fourth-order valence-electron chi connectivity index (χ4n) is 3.38. The van der Waals surface area contributed by atoms with Gasteiger partial charge in [-0.25, -0.2) is 0 Å². The van der Waals surface area contributed by atoms with Crippen LogP contribution in [0.1, 0.15) is 44.7 Å². The van der Waals surface area contributed by atoms with Crippen LogP contribution in [0.25, 0.3) is 5.76 Å². The molecule has 1 unspecified atom stereocenters. The summed E-state index contributed by atoms with van der Waals surface area (Å²) in [6.07, 6.45) is 2.18. The minimum absolute atomic E-state index is 0.0642. The van der Waals surface area contributed by atoms with Gasteiger partial charge in [0.05, 0.1) is 6.54 Å². The number of esters is 1. The van der Waals surface area contributed by atoms with Gasteiger partial charge >= 0.3 is 5.97 Å². The van der Waals surface area contributed by atoms with Crippen LogP contribution in [-0.4, -0.2) is 47.9 Å². The fraction of sp³-hybridized carbons (Fsp3) is 0.476. The number of hydrogen-bond acceptors (Lipinski definition) is 5. The number of carbonyl (C=O) groups is 3. The third-order valence-electron chi connectivity index (χ3n) is 4.89. The summed E-state index contributed by atoms with van der Waals surface area (Å²) in [7, 11) is 1.59. The number of aliphatic hydroxyl groups is 1. The highest BCUT2D eigenvalue weighted by molar-refractivity contribution is 6.20. The van der Waals surface area contributed by atoms with Crippen molar-refractivity contribution in [3.05, 3.63) is 41.5 Å². The van der Waals surface area contributed by atoms with Gasteiger partial charge in [-0.3, -0.25) is 14.4 Å². The normalized spacial score (nSPS) is 18.7. The number of benzene rings is 1. The van der Waals surface area contributed by atoms with Crippen LogP contribution in [0.3, 0.4) is 0 Å². The van der Waals surface area contributed by atoms with Crippen LogP contribution < -0.4 is 0 Å². The van der Waals surface area contributed by atoms with E-state index >= 15 is 0 Å².